The van der Waals surface area contributed by atoms with Crippen LogP contribution < -0.4 is 10.4 Å². The first-order chi connectivity index (χ1) is 33.2. The van der Waals surface area contributed by atoms with E-state index in [0.717, 1.165) is 23.0 Å². The average Bonchev–Trinajstić information content (AvgIpc) is 3.11. The molecule has 0 aromatic heterocycles. The van der Waals surface area contributed by atoms with Crippen LogP contribution in [0.4, 0.5) is 0 Å². The number of hydrogen-bond donors (Lipinski definition) is 15. The van der Waals surface area contributed by atoms with Gasteiger partial charge in [0, 0.05) is 19.8 Å². The van der Waals surface area contributed by atoms with E-state index in [9.17, 15) is 14.4 Å². The summed E-state index contributed by atoms with van der Waals surface area (Å²) < 4.78 is 19.1. The Kier molecular flexibility index (Phi) is 48.5. The van der Waals surface area contributed by atoms with Gasteiger partial charge in [0.2, 0.25) is 8.32 Å². The number of terminal acetylenes is 1. The van der Waals surface area contributed by atoms with Gasteiger partial charge in [0.15, 0.2) is 33.3 Å². The molecule has 30 heteroatoms. The molecule has 0 aliphatic carbocycles. The van der Waals surface area contributed by atoms with Crippen LogP contribution in [0.25, 0.3) is 0 Å². The third-order valence-electron chi connectivity index (χ3n) is 5.49. The Balaban J connectivity index is -0.000000144. The van der Waals surface area contributed by atoms with Crippen LogP contribution in [0.2, 0.25) is 137 Å². The second-order valence-electron chi connectivity index (χ2n) is 22.4. The lowest BCUT2D eigenvalue weighted by molar-refractivity contribution is 0.0310. The molecule has 0 aliphatic heterocycles. The molecule has 0 saturated heterocycles. The highest BCUT2D eigenvalue weighted by Crippen LogP contribution is 2.09. The molecule has 448 valence electrons. The van der Waals surface area contributed by atoms with E-state index >= 15 is 0 Å². The quantitative estimate of drug-likeness (QED) is 0.0947. The molecule has 0 atom stereocenters. The highest BCUT2D eigenvalue weighted by Gasteiger charge is 2.43. The molecule has 0 bridgehead atoms. The molecule has 0 spiro atoms. The summed E-state index contributed by atoms with van der Waals surface area (Å²) in [6, 6.07) is 30.8. The van der Waals surface area contributed by atoms with Gasteiger partial charge < -0.3 is 89.3 Å². The highest BCUT2D eigenvalue weighted by atomic mass is 28.5. The predicted octanol–water partition coefficient (Wildman–Crippen LogP) is 4.14. The van der Waals surface area contributed by atoms with E-state index < -0.39 is 93.7 Å². The van der Waals surface area contributed by atoms with E-state index in [0.29, 0.717) is 13.2 Å². The molecule has 0 aliphatic rings. The number of rotatable bonds is 11. The van der Waals surface area contributed by atoms with Gasteiger partial charge in [-0.25, -0.2) is 0 Å². The van der Waals surface area contributed by atoms with Crippen LogP contribution in [-0.2, 0) is 23.4 Å². The summed E-state index contributed by atoms with van der Waals surface area (Å²) in [6.45, 7) is 40.2. The molecular weight excluding hydrogens is 1170 g/mol. The van der Waals surface area contributed by atoms with Crippen molar-refractivity contribution in [3.05, 3.63) is 96.6 Å². The van der Waals surface area contributed by atoms with Crippen molar-refractivity contribution in [3.63, 3.8) is 0 Å². The minimum absolute atomic E-state index is 0.310. The lowest BCUT2D eigenvalue weighted by Gasteiger charge is -2.23. The van der Waals surface area contributed by atoms with Gasteiger partial charge in [-0.2, -0.15) is 0 Å². The van der Waals surface area contributed by atoms with E-state index in [2.05, 4.69) is 16.6 Å². The highest BCUT2D eigenvalue weighted by molar-refractivity contribution is 6.95. The summed E-state index contributed by atoms with van der Waals surface area (Å²) >= 11 is 0. The lowest BCUT2D eigenvalue weighted by atomic mass is 10.2. The van der Waals surface area contributed by atoms with Gasteiger partial charge in [-0.05, 0) is 167 Å². The summed E-state index contributed by atoms with van der Waals surface area (Å²) in [6.07, 6.45) is 6.66. The zero-order valence-electron chi connectivity index (χ0n) is 50.2. The van der Waals surface area contributed by atoms with Crippen molar-refractivity contribution in [2.45, 2.75) is 157 Å². The Morgan fingerprint density at radius 3 is 0.763 bits per heavy atom. The molecule has 0 radical (unpaired) electrons. The van der Waals surface area contributed by atoms with E-state index in [1.807, 2.05) is 164 Å². The van der Waals surface area contributed by atoms with Crippen LogP contribution in [0.5, 0.6) is 0 Å². The zero-order valence-corrected chi connectivity index (χ0v) is 61.2. The van der Waals surface area contributed by atoms with Crippen LogP contribution in [0, 0.1) is 12.5 Å². The Morgan fingerprint density at radius 2 is 0.605 bits per heavy atom. The van der Waals surface area contributed by atoms with E-state index in [-0.39, 0.29) is 0 Å². The molecule has 0 fully saturated rings. The average molecular weight is 1270 g/mol. The summed E-state index contributed by atoms with van der Waals surface area (Å²) in [5, 5.41) is 2.10. The normalized spacial score (nSPS) is 11.9. The second kappa shape index (κ2) is 41.6. The van der Waals surface area contributed by atoms with Crippen molar-refractivity contribution in [2.75, 3.05) is 13.2 Å². The fourth-order valence-electron chi connectivity index (χ4n) is 3.94. The van der Waals surface area contributed by atoms with Crippen molar-refractivity contribution >= 4 is 104 Å². The molecule has 3 rings (SSSR count). The molecule has 3 aromatic rings. The SMILES string of the molecule is C#CO[Si](O)(OCC)OCC.C[Si](C)(C)O.C[Si](C)(C)O.C[Si](C)(C)O.C[Si](C)(O)Cc1ccccc1.C[Si](C)(O)O.C[Si](C)(O)O.C[Si](C)(O)O[Si](C)(C)O.C[Si](O)(O)O.C[Si](O)(c1ccccc1)c1ccccc1. The first-order valence-corrected chi connectivity index (χ1v) is 55.8. The van der Waals surface area contributed by atoms with E-state index in [1.165, 1.54) is 31.8 Å². The molecule has 0 saturated carbocycles. The molecule has 0 heterocycles. The van der Waals surface area contributed by atoms with Gasteiger partial charge in [0.05, 0.1) is 6.11 Å². The Morgan fingerprint density at radius 1 is 0.395 bits per heavy atom. The Bertz CT molecular complexity index is 1640. The maximum absolute atomic E-state index is 10.6. The van der Waals surface area contributed by atoms with Gasteiger partial charge in [-0.1, -0.05) is 97.4 Å². The van der Waals surface area contributed by atoms with Crippen molar-refractivity contribution in [3.8, 4) is 12.5 Å². The minimum Gasteiger partial charge on any atom is -0.433 e. The monoisotopic (exact) mass is 1270 g/mol. The topological polar surface area (TPSA) is 340 Å². The predicted molar refractivity (Wildman–Crippen MR) is 336 cm³/mol. The lowest BCUT2D eigenvalue weighted by Crippen LogP contribution is -2.55. The zero-order chi connectivity index (χ0) is 62.5. The first kappa shape index (κ1) is 88.5. The summed E-state index contributed by atoms with van der Waals surface area (Å²) in [4.78, 5) is 130. The third kappa shape index (κ3) is 112. The van der Waals surface area contributed by atoms with Crippen LogP contribution >= 0.6 is 0 Å². The molecule has 76 heavy (non-hydrogen) atoms. The molecule has 0 unspecified atom stereocenters. The number of benzene rings is 3. The van der Waals surface area contributed by atoms with Crippen molar-refractivity contribution < 1.29 is 89.3 Å². The van der Waals surface area contributed by atoms with Crippen molar-refractivity contribution in [1.29, 1.82) is 0 Å². The molecule has 0 amide bonds. The molecule has 15 N–H and O–H groups in total. The van der Waals surface area contributed by atoms with Gasteiger partial charge in [-0.15, -0.1) is 0 Å². The first-order valence-electron chi connectivity index (χ1n) is 24.3. The number of hydrogen-bond acceptors (Lipinski definition) is 19. The van der Waals surface area contributed by atoms with Crippen LogP contribution in [0.1, 0.15) is 19.4 Å². The summed E-state index contributed by atoms with van der Waals surface area (Å²) in [5.41, 5.74) is 1.24. The smallest absolute Gasteiger partial charge is 0.433 e. The Labute approximate surface area is 470 Å². The Hall–Kier alpha value is -1.31. The maximum Gasteiger partial charge on any atom is 0.755 e. The van der Waals surface area contributed by atoms with Crippen LogP contribution in [0.15, 0.2) is 91.0 Å². The van der Waals surface area contributed by atoms with E-state index in [4.69, 9.17) is 76.9 Å². The maximum atomic E-state index is 10.6. The largest absolute Gasteiger partial charge is 0.755 e. The fourth-order valence-corrected chi connectivity index (χ4v) is 13.2. The molecular formula is C46H106O19Si11. The third-order valence-corrected chi connectivity index (χ3v) is 15.4. The summed E-state index contributed by atoms with van der Waals surface area (Å²) in [7, 11) is -26.5. The second-order valence-corrected chi connectivity index (χ2v) is 59.0. The van der Waals surface area contributed by atoms with E-state index in [1.54, 1.807) is 40.0 Å². The van der Waals surface area contributed by atoms with Crippen LogP contribution in [-0.4, -0.2) is 179 Å². The molecule has 3 aromatic carbocycles. The fraction of sp³-hybridized carbons (Fsp3) is 0.565. The van der Waals surface area contributed by atoms with Gasteiger partial charge in [0.1, 0.15) is 0 Å². The standard InChI is InChI=1S/C13H14OSi.C9H14OSi.C6H12O4Si.C4H14O3Si2.3C3H10OSi.2C2H8O2Si.CH6O3Si/c1-15(14,12-8-4-2-5-9-12)13-10-6-3-7-11-13;1-11(2,10)8-9-6-4-3-5-7-9;1-4-8-11(7,9-5-2)10-6-3;1-8(2,5)7-9(3,4)6;6*1-5(2,3)4/h2-11,14H,1H3;3-7,10H,8H2,1-2H3;1,7H,5-6H2,2-3H3;5-6H,1-4H3;3*4H,1-3H3;2*3-4H,1-2H3;2-4H,1H3. The van der Waals surface area contributed by atoms with Crippen molar-refractivity contribution in [2.24, 2.45) is 0 Å². The minimum atomic E-state index is -3.61. The van der Waals surface area contributed by atoms with Gasteiger partial charge in [0.25, 0.3) is 0 Å². The molecule has 19 nitrogen and oxygen atoms in total. The summed E-state index contributed by atoms with van der Waals surface area (Å²) in [5.74, 6) is 0. The van der Waals surface area contributed by atoms with Gasteiger partial charge >= 0.3 is 52.1 Å². The van der Waals surface area contributed by atoms with Crippen LogP contribution in [0.3, 0.4) is 0 Å². The van der Waals surface area contributed by atoms with Crippen molar-refractivity contribution in [1.82, 2.24) is 0 Å². The van der Waals surface area contributed by atoms with Gasteiger partial charge in [-0.3, -0.25) is 0 Å².